The number of aromatic nitrogens is 1. The average molecular weight is 406 g/mol. The molecule has 0 radical (unpaired) electrons. The first-order valence-electron chi connectivity index (χ1n) is 7.25. The van der Waals surface area contributed by atoms with E-state index in [9.17, 15) is 4.79 Å². The number of amides is 1. The molecule has 0 bridgehead atoms. The summed E-state index contributed by atoms with van der Waals surface area (Å²) in [7, 11) is 1.92. The van der Waals surface area contributed by atoms with Crippen LogP contribution in [0.15, 0.2) is 6.20 Å². The van der Waals surface area contributed by atoms with Gasteiger partial charge in [0, 0.05) is 50.2 Å². The molecule has 1 aliphatic rings. The van der Waals surface area contributed by atoms with Crippen molar-refractivity contribution in [2.45, 2.75) is 26.3 Å². The van der Waals surface area contributed by atoms with E-state index in [4.69, 9.17) is 0 Å². The zero-order valence-corrected chi connectivity index (χ0v) is 16.9. The van der Waals surface area contributed by atoms with Gasteiger partial charge in [0.25, 0.3) is 0 Å². The van der Waals surface area contributed by atoms with Gasteiger partial charge in [-0.3, -0.25) is 9.69 Å². The molecule has 2 rings (SSSR count). The van der Waals surface area contributed by atoms with E-state index >= 15 is 0 Å². The molecule has 9 heteroatoms. The summed E-state index contributed by atoms with van der Waals surface area (Å²) in [5, 5.41) is 4.20. The van der Waals surface area contributed by atoms with Crippen molar-refractivity contribution in [3.63, 3.8) is 0 Å². The molecule has 1 aliphatic heterocycles. The second-order valence-corrected chi connectivity index (χ2v) is 6.53. The summed E-state index contributed by atoms with van der Waals surface area (Å²) in [6, 6.07) is 0. The van der Waals surface area contributed by atoms with Crippen LogP contribution in [0.5, 0.6) is 0 Å². The van der Waals surface area contributed by atoms with E-state index in [1.54, 1.807) is 11.3 Å². The molecule has 0 aliphatic carbocycles. The quantitative estimate of drug-likeness (QED) is 0.738. The highest BCUT2D eigenvalue weighted by Crippen LogP contribution is 2.15. The third-order valence-electron chi connectivity index (χ3n) is 3.59. The van der Waals surface area contributed by atoms with Gasteiger partial charge in [0.15, 0.2) is 0 Å². The van der Waals surface area contributed by atoms with Gasteiger partial charge in [0.2, 0.25) is 5.91 Å². The van der Waals surface area contributed by atoms with Crippen LogP contribution >= 0.6 is 48.6 Å². The molecule has 0 unspecified atom stereocenters. The monoisotopic (exact) mass is 404 g/mol. The number of halogens is 3. The average Bonchev–Trinajstić information content (AvgIpc) is 2.85. The lowest BCUT2D eigenvalue weighted by molar-refractivity contribution is -0.133. The highest BCUT2D eigenvalue weighted by molar-refractivity contribution is 7.11. The normalized spacial score (nSPS) is 14.4. The number of hydrogen-bond donors (Lipinski definition) is 1. The van der Waals surface area contributed by atoms with E-state index < -0.39 is 0 Å². The van der Waals surface area contributed by atoms with Crippen LogP contribution in [0.3, 0.4) is 0 Å². The maximum atomic E-state index is 12.0. The molecule has 1 saturated heterocycles. The van der Waals surface area contributed by atoms with E-state index in [2.05, 4.69) is 15.2 Å². The summed E-state index contributed by atoms with van der Waals surface area (Å²) < 4.78 is 0. The van der Waals surface area contributed by atoms with E-state index in [1.165, 1.54) is 4.88 Å². The predicted molar refractivity (Wildman–Crippen MR) is 104 cm³/mol. The molecule has 1 amide bonds. The first-order chi connectivity index (χ1) is 9.69. The van der Waals surface area contributed by atoms with Crippen molar-refractivity contribution in [2.24, 2.45) is 0 Å². The Morgan fingerprint density at radius 1 is 1.26 bits per heavy atom. The van der Waals surface area contributed by atoms with Crippen molar-refractivity contribution in [2.75, 3.05) is 39.8 Å². The van der Waals surface area contributed by atoms with E-state index in [-0.39, 0.29) is 37.2 Å². The molecule has 1 aromatic rings. The van der Waals surface area contributed by atoms with E-state index in [0.717, 1.165) is 50.7 Å². The van der Waals surface area contributed by atoms with E-state index in [1.807, 2.05) is 25.1 Å². The molecular formula is C14H27Cl3N4OS. The standard InChI is InChI=1S/C14H24N4OS.3ClH/c1-12-16-10-13(20-12)11-17-6-8-18(9-7-17)14(19)4-3-5-15-2;;;/h10,15H,3-9,11H2,1-2H3;3*1H. The molecule has 0 spiro atoms. The maximum absolute atomic E-state index is 12.0. The highest BCUT2D eigenvalue weighted by atomic mass is 35.5. The van der Waals surface area contributed by atoms with Crippen LogP contribution in [0.1, 0.15) is 22.7 Å². The Morgan fingerprint density at radius 2 is 1.91 bits per heavy atom. The summed E-state index contributed by atoms with van der Waals surface area (Å²) in [5.74, 6) is 0.300. The first-order valence-corrected chi connectivity index (χ1v) is 8.06. The second kappa shape index (κ2) is 13.2. The fraction of sp³-hybridized carbons (Fsp3) is 0.714. The Labute approximate surface area is 161 Å². The van der Waals surface area contributed by atoms with Gasteiger partial charge in [0.05, 0.1) is 5.01 Å². The number of nitrogens with zero attached hydrogens (tertiary/aromatic N) is 3. The fourth-order valence-electron chi connectivity index (χ4n) is 2.43. The van der Waals surface area contributed by atoms with Gasteiger partial charge in [-0.25, -0.2) is 4.98 Å². The third kappa shape index (κ3) is 8.52. The molecule has 1 aromatic heterocycles. The molecule has 0 saturated carbocycles. The zero-order chi connectivity index (χ0) is 14.4. The number of nitrogens with one attached hydrogen (secondary N) is 1. The molecule has 1 N–H and O–H groups in total. The van der Waals surface area contributed by atoms with Crippen molar-refractivity contribution in [3.05, 3.63) is 16.1 Å². The highest BCUT2D eigenvalue weighted by Gasteiger charge is 2.20. The smallest absolute Gasteiger partial charge is 0.222 e. The molecule has 0 atom stereocenters. The predicted octanol–water partition coefficient (Wildman–Crippen LogP) is 2.36. The van der Waals surface area contributed by atoms with Crippen molar-refractivity contribution >= 4 is 54.5 Å². The lowest BCUT2D eigenvalue weighted by Gasteiger charge is -2.34. The topological polar surface area (TPSA) is 48.5 Å². The lowest BCUT2D eigenvalue weighted by Crippen LogP contribution is -2.48. The minimum absolute atomic E-state index is 0. The largest absolute Gasteiger partial charge is 0.340 e. The van der Waals surface area contributed by atoms with Crippen molar-refractivity contribution in [1.29, 1.82) is 0 Å². The number of hydrogen-bond acceptors (Lipinski definition) is 5. The molecule has 5 nitrogen and oxygen atoms in total. The van der Waals surface area contributed by atoms with Crippen LogP contribution < -0.4 is 5.32 Å². The Morgan fingerprint density at radius 3 is 2.43 bits per heavy atom. The molecule has 0 aromatic carbocycles. The molecule has 23 heavy (non-hydrogen) atoms. The van der Waals surface area contributed by atoms with E-state index in [0.29, 0.717) is 12.3 Å². The van der Waals surface area contributed by atoms with Gasteiger partial charge in [-0.05, 0) is 26.9 Å². The minimum atomic E-state index is 0. The summed E-state index contributed by atoms with van der Waals surface area (Å²) >= 11 is 1.76. The molecule has 136 valence electrons. The Balaban J connectivity index is 0. The Hall–Kier alpha value is -0.110. The second-order valence-electron chi connectivity index (χ2n) is 5.21. The molecule has 1 fully saturated rings. The Bertz CT molecular complexity index is 439. The van der Waals surface area contributed by atoms with Gasteiger partial charge in [-0.15, -0.1) is 48.6 Å². The summed E-state index contributed by atoms with van der Waals surface area (Å²) in [6.45, 7) is 7.56. The first kappa shape index (κ1) is 25.1. The number of thiazole rings is 1. The van der Waals surface area contributed by atoms with Crippen molar-refractivity contribution in [3.8, 4) is 0 Å². The third-order valence-corrected chi connectivity index (χ3v) is 4.49. The van der Waals surface area contributed by atoms with Gasteiger partial charge < -0.3 is 10.2 Å². The summed E-state index contributed by atoms with van der Waals surface area (Å²) in [5.41, 5.74) is 0. The van der Waals surface area contributed by atoms with Crippen LogP contribution in [0.4, 0.5) is 0 Å². The summed E-state index contributed by atoms with van der Waals surface area (Å²) in [6.07, 6.45) is 3.56. The maximum Gasteiger partial charge on any atom is 0.222 e. The fourth-order valence-corrected chi connectivity index (χ4v) is 3.27. The van der Waals surface area contributed by atoms with Gasteiger partial charge in [0.1, 0.15) is 0 Å². The number of carbonyl (C=O) groups is 1. The zero-order valence-electron chi connectivity index (χ0n) is 13.6. The Kier molecular flexibility index (Phi) is 14.4. The lowest BCUT2D eigenvalue weighted by atomic mass is 10.2. The van der Waals surface area contributed by atoms with Crippen LogP contribution in [-0.2, 0) is 11.3 Å². The van der Waals surface area contributed by atoms with Gasteiger partial charge in [-0.1, -0.05) is 0 Å². The van der Waals surface area contributed by atoms with Crippen LogP contribution in [-0.4, -0.2) is 60.5 Å². The van der Waals surface area contributed by atoms with Crippen LogP contribution in [0, 0.1) is 6.92 Å². The van der Waals surface area contributed by atoms with Gasteiger partial charge in [-0.2, -0.15) is 0 Å². The number of carbonyl (C=O) groups excluding carboxylic acids is 1. The van der Waals surface area contributed by atoms with Crippen molar-refractivity contribution < 1.29 is 4.79 Å². The number of aryl methyl sites for hydroxylation is 1. The molecular weight excluding hydrogens is 379 g/mol. The summed E-state index contributed by atoms with van der Waals surface area (Å²) in [4.78, 5) is 22.0. The van der Waals surface area contributed by atoms with Crippen molar-refractivity contribution in [1.82, 2.24) is 20.1 Å². The number of piperazine rings is 1. The minimum Gasteiger partial charge on any atom is -0.340 e. The van der Waals surface area contributed by atoms with Gasteiger partial charge >= 0.3 is 0 Å². The van der Waals surface area contributed by atoms with Crippen LogP contribution in [0.2, 0.25) is 0 Å². The number of rotatable bonds is 6. The molecule has 2 heterocycles. The SMILES string of the molecule is CNCCCC(=O)N1CCN(Cc2cnc(C)s2)CC1.Cl.Cl.Cl. The van der Waals surface area contributed by atoms with Crippen LogP contribution in [0.25, 0.3) is 0 Å².